The molecule has 0 saturated heterocycles. The predicted molar refractivity (Wildman–Crippen MR) is 114 cm³/mol. The van der Waals surface area contributed by atoms with Crippen LogP contribution < -0.4 is 10.9 Å². The number of thioether (sulfide) groups is 1. The van der Waals surface area contributed by atoms with Crippen LogP contribution in [0.2, 0.25) is 0 Å². The maximum absolute atomic E-state index is 12.9. The molecule has 152 valence electrons. The first-order valence-corrected chi connectivity index (χ1v) is 10.5. The summed E-state index contributed by atoms with van der Waals surface area (Å²) in [6.07, 6.45) is 0.586. The number of benzene rings is 1. The second kappa shape index (κ2) is 9.37. The molecule has 0 atom stereocenters. The van der Waals surface area contributed by atoms with Crippen molar-refractivity contribution in [3.63, 3.8) is 0 Å². The number of fused-ring (bicyclic) bond motifs is 1. The summed E-state index contributed by atoms with van der Waals surface area (Å²) in [6, 6.07) is 7.32. The van der Waals surface area contributed by atoms with Crippen LogP contribution in [0.4, 0.5) is 0 Å². The van der Waals surface area contributed by atoms with Gasteiger partial charge in [-0.05, 0) is 38.8 Å². The molecule has 0 fully saturated rings. The van der Waals surface area contributed by atoms with Gasteiger partial charge in [0.05, 0.1) is 10.9 Å². The summed E-state index contributed by atoms with van der Waals surface area (Å²) in [6.45, 7) is 9.89. The van der Waals surface area contributed by atoms with E-state index in [0.717, 1.165) is 0 Å². The lowest BCUT2D eigenvalue weighted by Gasteiger charge is -2.25. The van der Waals surface area contributed by atoms with Crippen molar-refractivity contribution in [2.75, 3.05) is 5.75 Å². The van der Waals surface area contributed by atoms with Gasteiger partial charge in [-0.2, -0.15) is 0 Å². The number of amides is 1. The molecule has 0 radical (unpaired) electrons. The fraction of sp³-hybridized carbons (Fsp3) is 0.524. The van der Waals surface area contributed by atoms with Crippen molar-refractivity contribution in [2.45, 2.75) is 64.7 Å². The van der Waals surface area contributed by atoms with E-state index in [1.165, 1.54) is 18.7 Å². The van der Waals surface area contributed by atoms with Gasteiger partial charge in [-0.15, -0.1) is 0 Å². The smallest absolute Gasteiger partial charge is 0.262 e. The van der Waals surface area contributed by atoms with Gasteiger partial charge in [-0.3, -0.25) is 19.0 Å². The van der Waals surface area contributed by atoms with Gasteiger partial charge in [0, 0.05) is 30.7 Å². The van der Waals surface area contributed by atoms with Crippen LogP contribution in [-0.2, 0) is 16.1 Å². The molecule has 1 aromatic carbocycles. The Bertz CT molecular complexity index is 919. The lowest BCUT2D eigenvalue weighted by molar-refractivity contribution is -0.123. The standard InChI is InChI=1S/C21H29N3O3S/c1-14(2)13-24-19(27)16-8-6-7-9-17(16)22-20(24)28-11-10-18(26)23-21(4,5)12-15(3)25/h6-9,14H,10-13H2,1-5H3,(H,23,26). The summed E-state index contributed by atoms with van der Waals surface area (Å²) in [7, 11) is 0. The van der Waals surface area contributed by atoms with Gasteiger partial charge < -0.3 is 5.32 Å². The van der Waals surface area contributed by atoms with Crippen molar-refractivity contribution >= 4 is 34.4 Å². The molecule has 2 aromatic rings. The second-order valence-electron chi connectivity index (χ2n) is 8.13. The van der Waals surface area contributed by atoms with Crippen LogP contribution >= 0.6 is 11.8 Å². The molecule has 0 saturated carbocycles. The number of nitrogens with zero attached hydrogens (tertiary/aromatic N) is 2. The van der Waals surface area contributed by atoms with Crippen molar-refractivity contribution in [2.24, 2.45) is 5.92 Å². The Hall–Kier alpha value is -2.15. The SMILES string of the molecule is CC(=O)CC(C)(C)NC(=O)CCSc1nc2ccccc2c(=O)n1CC(C)C. The zero-order valence-corrected chi connectivity index (χ0v) is 18.1. The number of hydrogen-bond donors (Lipinski definition) is 1. The first-order valence-electron chi connectivity index (χ1n) is 9.52. The topological polar surface area (TPSA) is 81.1 Å². The number of nitrogens with one attached hydrogen (secondary N) is 1. The summed E-state index contributed by atoms with van der Waals surface area (Å²) in [5.74, 6) is 0.732. The molecule has 0 aliphatic rings. The number of ketones is 1. The molecule has 1 N–H and O–H groups in total. The van der Waals surface area contributed by atoms with E-state index in [0.29, 0.717) is 40.7 Å². The van der Waals surface area contributed by atoms with Crippen LogP contribution in [0.1, 0.15) is 47.5 Å². The van der Waals surface area contributed by atoms with E-state index < -0.39 is 5.54 Å². The van der Waals surface area contributed by atoms with Crippen LogP contribution in [0, 0.1) is 5.92 Å². The summed E-state index contributed by atoms with van der Waals surface area (Å²) in [5, 5.41) is 4.14. The third kappa shape index (κ3) is 6.19. The highest BCUT2D eigenvalue weighted by molar-refractivity contribution is 7.99. The Labute approximate surface area is 170 Å². The number of Topliss-reactive ketones (excluding diaryl/α,β-unsaturated/α-hetero) is 1. The maximum atomic E-state index is 12.9. The van der Waals surface area contributed by atoms with Crippen LogP contribution in [0.3, 0.4) is 0 Å². The molecule has 1 amide bonds. The second-order valence-corrected chi connectivity index (χ2v) is 9.19. The van der Waals surface area contributed by atoms with Gasteiger partial charge in [0.15, 0.2) is 5.16 Å². The molecule has 6 nitrogen and oxygen atoms in total. The highest BCUT2D eigenvalue weighted by Gasteiger charge is 2.22. The minimum Gasteiger partial charge on any atom is -0.351 e. The first-order chi connectivity index (χ1) is 13.1. The Morgan fingerprint density at radius 1 is 1.25 bits per heavy atom. The molecule has 7 heteroatoms. The molecule has 2 rings (SSSR count). The quantitative estimate of drug-likeness (QED) is 0.513. The van der Waals surface area contributed by atoms with Gasteiger partial charge in [-0.1, -0.05) is 37.7 Å². The summed E-state index contributed by atoms with van der Waals surface area (Å²) in [4.78, 5) is 41.1. The van der Waals surface area contributed by atoms with Crippen molar-refractivity contribution in [1.82, 2.24) is 14.9 Å². The van der Waals surface area contributed by atoms with Gasteiger partial charge in [0.2, 0.25) is 5.91 Å². The molecule has 0 bridgehead atoms. The van der Waals surface area contributed by atoms with Gasteiger partial charge in [0.1, 0.15) is 5.78 Å². The van der Waals surface area contributed by atoms with Gasteiger partial charge in [-0.25, -0.2) is 4.98 Å². The molecule has 0 spiro atoms. The monoisotopic (exact) mass is 403 g/mol. The average Bonchev–Trinajstić information content (AvgIpc) is 2.56. The number of para-hydroxylation sites is 1. The maximum Gasteiger partial charge on any atom is 0.262 e. The largest absolute Gasteiger partial charge is 0.351 e. The predicted octanol–water partition coefficient (Wildman–Crippen LogP) is 3.41. The highest BCUT2D eigenvalue weighted by atomic mass is 32.2. The van der Waals surface area contributed by atoms with Crippen LogP contribution in [0.25, 0.3) is 10.9 Å². The molecule has 0 aliphatic heterocycles. The van der Waals surface area contributed by atoms with Crippen LogP contribution in [-0.4, -0.2) is 32.5 Å². The molecule has 28 heavy (non-hydrogen) atoms. The number of rotatable bonds is 9. The molecular weight excluding hydrogens is 374 g/mol. The van der Waals surface area contributed by atoms with E-state index in [-0.39, 0.29) is 23.7 Å². The van der Waals surface area contributed by atoms with E-state index in [1.54, 1.807) is 10.6 Å². The highest BCUT2D eigenvalue weighted by Crippen LogP contribution is 2.20. The summed E-state index contributed by atoms with van der Waals surface area (Å²) >= 11 is 1.41. The summed E-state index contributed by atoms with van der Waals surface area (Å²) < 4.78 is 1.70. The fourth-order valence-electron chi connectivity index (χ4n) is 3.13. The molecule has 0 aliphatic carbocycles. The zero-order valence-electron chi connectivity index (χ0n) is 17.2. The third-order valence-corrected chi connectivity index (χ3v) is 5.08. The number of carbonyl (C=O) groups excluding carboxylic acids is 2. The van der Waals surface area contributed by atoms with Crippen molar-refractivity contribution in [3.05, 3.63) is 34.6 Å². The van der Waals surface area contributed by atoms with E-state index >= 15 is 0 Å². The van der Waals surface area contributed by atoms with E-state index in [4.69, 9.17) is 0 Å². The van der Waals surface area contributed by atoms with Crippen LogP contribution in [0.5, 0.6) is 0 Å². The zero-order chi connectivity index (χ0) is 20.9. The Morgan fingerprint density at radius 3 is 2.57 bits per heavy atom. The normalized spacial score (nSPS) is 11.8. The van der Waals surface area contributed by atoms with E-state index in [2.05, 4.69) is 24.1 Å². The number of aromatic nitrogens is 2. The van der Waals surface area contributed by atoms with Crippen LogP contribution in [0.15, 0.2) is 34.2 Å². The third-order valence-electron chi connectivity index (χ3n) is 4.10. The van der Waals surface area contributed by atoms with E-state index in [1.807, 2.05) is 32.0 Å². The Kier molecular flexibility index (Phi) is 7.41. The Morgan fingerprint density at radius 2 is 1.93 bits per heavy atom. The van der Waals surface area contributed by atoms with Gasteiger partial charge in [0.25, 0.3) is 5.56 Å². The Balaban J connectivity index is 2.12. The molecule has 1 heterocycles. The number of hydrogen-bond acceptors (Lipinski definition) is 5. The summed E-state index contributed by atoms with van der Waals surface area (Å²) in [5.41, 5.74) is 0.0602. The lowest BCUT2D eigenvalue weighted by Crippen LogP contribution is -2.44. The fourth-order valence-corrected chi connectivity index (χ4v) is 4.07. The van der Waals surface area contributed by atoms with Crippen molar-refractivity contribution < 1.29 is 9.59 Å². The van der Waals surface area contributed by atoms with E-state index in [9.17, 15) is 14.4 Å². The van der Waals surface area contributed by atoms with Crippen molar-refractivity contribution in [3.8, 4) is 0 Å². The lowest BCUT2D eigenvalue weighted by atomic mass is 9.98. The molecular formula is C21H29N3O3S. The molecule has 1 aromatic heterocycles. The minimum absolute atomic E-state index is 0.0396. The molecule has 0 unspecified atom stereocenters. The average molecular weight is 404 g/mol. The van der Waals surface area contributed by atoms with Gasteiger partial charge >= 0.3 is 0 Å². The van der Waals surface area contributed by atoms with Crippen molar-refractivity contribution in [1.29, 1.82) is 0 Å². The minimum atomic E-state index is -0.561. The number of carbonyl (C=O) groups is 2. The first kappa shape index (κ1) is 22.1.